The molecule has 1 aromatic rings. The third kappa shape index (κ3) is 4.08. The molecule has 0 bridgehead atoms. The number of carboxylic acid groups (broad SMARTS) is 1. The van der Waals surface area contributed by atoms with Crippen molar-refractivity contribution >= 4 is 11.9 Å². The summed E-state index contributed by atoms with van der Waals surface area (Å²) in [5, 5.41) is 17.6. The molecular formula is C17H20N2O3. The molecule has 1 saturated heterocycles. The van der Waals surface area contributed by atoms with Crippen molar-refractivity contribution in [2.45, 2.75) is 44.6 Å². The van der Waals surface area contributed by atoms with Crippen LogP contribution in [0.3, 0.4) is 0 Å². The van der Waals surface area contributed by atoms with E-state index in [9.17, 15) is 9.59 Å². The lowest BCUT2D eigenvalue weighted by atomic mass is 9.96. The van der Waals surface area contributed by atoms with E-state index < -0.39 is 5.97 Å². The number of amides is 1. The van der Waals surface area contributed by atoms with E-state index in [0.717, 1.165) is 24.8 Å². The number of aliphatic carboxylic acids is 1. The Balaban J connectivity index is 2.13. The first kappa shape index (κ1) is 16.0. The molecule has 0 aromatic heterocycles. The van der Waals surface area contributed by atoms with E-state index in [1.807, 2.05) is 6.07 Å². The minimum atomic E-state index is -0.825. The Morgan fingerprint density at radius 3 is 2.91 bits per heavy atom. The molecule has 0 saturated carbocycles. The molecule has 5 heteroatoms. The maximum atomic E-state index is 12.7. The summed E-state index contributed by atoms with van der Waals surface area (Å²) in [6, 6.07) is 9.21. The predicted octanol–water partition coefficient (Wildman–Crippen LogP) is 2.61. The van der Waals surface area contributed by atoms with Crippen molar-refractivity contribution in [2.75, 3.05) is 6.54 Å². The summed E-state index contributed by atoms with van der Waals surface area (Å²) < 4.78 is 0. The highest BCUT2D eigenvalue weighted by Crippen LogP contribution is 2.23. The Kier molecular flexibility index (Phi) is 5.54. The second-order valence-corrected chi connectivity index (χ2v) is 5.62. The average Bonchev–Trinajstić information content (AvgIpc) is 2.53. The zero-order chi connectivity index (χ0) is 15.9. The maximum absolute atomic E-state index is 12.7. The van der Waals surface area contributed by atoms with Gasteiger partial charge in [0.1, 0.15) is 0 Å². The number of piperidine rings is 1. The van der Waals surface area contributed by atoms with Crippen LogP contribution in [-0.2, 0) is 11.2 Å². The molecule has 1 heterocycles. The van der Waals surface area contributed by atoms with Crippen molar-refractivity contribution in [1.82, 2.24) is 4.90 Å². The van der Waals surface area contributed by atoms with Gasteiger partial charge in [-0.15, -0.1) is 0 Å². The molecule has 1 fully saturated rings. The van der Waals surface area contributed by atoms with Gasteiger partial charge in [-0.25, -0.2) is 0 Å². The van der Waals surface area contributed by atoms with Gasteiger partial charge in [0, 0.05) is 24.6 Å². The van der Waals surface area contributed by atoms with Gasteiger partial charge in [0.25, 0.3) is 5.91 Å². The van der Waals surface area contributed by atoms with Crippen molar-refractivity contribution < 1.29 is 14.7 Å². The van der Waals surface area contributed by atoms with Gasteiger partial charge < -0.3 is 10.0 Å². The highest BCUT2D eigenvalue weighted by Gasteiger charge is 2.27. The van der Waals surface area contributed by atoms with Crippen molar-refractivity contribution in [1.29, 1.82) is 5.26 Å². The first-order valence-electron chi connectivity index (χ1n) is 7.60. The molecule has 1 aromatic carbocycles. The van der Waals surface area contributed by atoms with Crippen LogP contribution < -0.4 is 0 Å². The van der Waals surface area contributed by atoms with Crippen LogP contribution in [-0.4, -0.2) is 34.5 Å². The van der Waals surface area contributed by atoms with Gasteiger partial charge in [0.15, 0.2) is 0 Å². The third-order valence-electron chi connectivity index (χ3n) is 4.04. The van der Waals surface area contributed by atoms with Gasteiger partial charge in [-0.2, -0.15) is 5.26 Å². The summed E-state index contributed by atoms with van der Waals surface area (Å²) in [7, 11) is 0. The third-order valence-corrected chi connectivity index (χ3v) is 4.04. The first-order valence-corrected chi connectivity index (χ1v) is 7.60. The number of nitrogens with zero attached hydrogens (tertiary/aromatic N) is 2. The molecule has 1 aliphatic rings. The Morgan fingerprint density at radius 1 is 1.36 bits per heavy atom. The van der Waals surface area contributed by atoms with Crippen molar-refractivity contribution in [3.05, 3.63) is 35.4 Å². The highest BCUT2D eigenvalue weighted by molar-refractivity contribution is 5.94. The van der Waals surface area contributed by atoms with E-state index in [1.165, 1.54) is 0 Å². The minimum absolute atomic E-state index is 0.00280. The summed E-state index contributed by atoms with van der Waals surface area (Å²) in [5.41, 5.74) is 1.41. The molecule has 5 nitrogen and oxygen atoms in total. The molecule has 22 heavy (non-hydrogen) atoms. The fourth-order valence-corrected chi connectivity index (χ4v) is 2.93. The molecule has 0 radical (unpaired) electrons. The number of carbonyl (C=O) groups is 2. The van der Waals surface area contributed by atoms with Crippen LogP contribution in [0.2, 0.25) is 0 Å². The van der Waals surface area contributed by atoms with Crippen molar-refractivity contribution in [2.24, 2.45) is 0 Å². The van der Waals surface area contributed by atoms with Gasteiger partial charge in [0.2, 0.25) is 0 Å². The van der Waals surface area contributed by atoms with Crippen LogP contribution in [0.5, 0.6) is 0 Å². The first-order chi connectivity index (χ1) is 10.6. The summed E-state index contributed by atoms with van der Waals surface area (Å²) in [6.07, 6.45) is 3.71. The zero-order valence-electron chi connectivity index (χ0n) is 12.5. The summed E-state index contributed by atoms with van der Waals surface area (Å²) >= 11 is 0. The molecule has 1 atom stereocenters. The number of likely N-dealkylation sites (tertiary alicyclic amines) is 1. The van der Waals surface area contributed by atoms with Crippen LogP contribution >= 0.6 is 0 Å². The fourth-order valence-electron chi connectivity index (χ4n) is 2.93. The van der Waals surface area contributed by atoms with Crippen molar-refractivity contribution in [3.63, 3.8) is 0 Å². The largest absolute Gasteiger partial charge is 0.481 e. The van der Waals surface area contributed by atoms with Gasteiger partial charge in [-0.3, -0.25) is 9.59 Å². The van der Waals surface area contributed by atoms with Crippen LogP contribution in [0.4, 0.5) is 0 Å². The molecule has 2 rings (SSSR count). The molecule has 0 spiro atoms. The lowest BCUT2D eigenvalue weighted by Crippen LogP contribution is -2.44. The second-order valence-electron chi connectivity index (χ2n) is 5.62. The number of carbonyl (C=O) groups excluding carboxylic acids is 1. The summed E-state index contributed by atoms with van der Waals surface area (Å²) in [5.74, 6) is -0.885. The maximum Gasteiger partial charge on any atom is 0.303 e. The molecular weight excluding hydrogens is 280 g/mol. The van der Waals surface area contributed by atoms with E-state index in [1.54, 1.807) is 23.1 Å². The quantitative estimate of drug-likeness (QED) is 0.906. The standard InChI is InChI=1S/C17H20N2O3/c18-10-9-13-4-3-5-14(12-13)17(22)19-11-2-1-6-15(19)7-8-16(20)21/h3-5,12,15H,1-2,6-9,11H2,(H,20,21). The van der Waals surface area contributed by atoms with E-state index in [4.69, 9.17) is 10.4 Å². The van der Waals surface area contributed by atoms with Gasteiger partial charge in [0.05, 0.1) is 12.5 Å². The SMILES string of the molecule is N#CCc1cccc(C(=O)N2CCCCC2CCC(=O)O)c1. The number of carboxylic acids is 1. The second kappa shape index (κ2) is 7.60. The van der Waals surface area contributed by atoms with Crippen LogP contribution in [0, 0.1) is 11.3 Å². The average molecular weight is 300 g/mol. The normalized spacial score (nSPS) is 17.8. The summed E-state index contributed by atoms with van der Waals surface area (Å²) in [4.78, 5) is 25.3. The van der Waals surface area contributed by atoms with Crippen molar-refractivity contribution in [3.8, 4) is 6.07 Å². The topological polar surface area (TPSA) is 81.4 Å². The van der Waals surface area contributed by atoms with Gasteiger partial charge in [-0.1, -0.05) is 12.1 Å². The van der Waals surface area contributed by atoms with E-state index >= 15 is 0 Å². The minimum Gasteiger partial charge on any atom is -0.481 e. The van der Waals surface area contributed by atoms with Gasteiger partial charge >= 0.3 is 5.97 Å². The lowest BCUT2D eigenvalue weighted by molar-refractivity contribution is -0.137. The van der Waals surface area contributed by atoms with Crippen LogP contribution in [0.25, 0.3) is 0 Å². The molecule has 1 unspecified atom stereocenters. The van der Waals surface area contributed by atoms with E-state index in [0.29, 0.717) is 18.5 Å². The fraction of sp³-hybridized carbons (Fsp3) is 0.471. The Labute approximate surface area is 130 Å². The number of hydrogen-bond acceptors (Lipinski definition) is 3. The Hall–Kier alpha value is -2.35. The highest BCUT2D eigenvalue weighted by atomic mass is 16.4. The molecule has 1 amide bonds. The Bertz CT molecular complexity index is 592. The monoisotopic (exact) mass is 300 g/mol. The molecule has 0 aliphatic carbocycles. The molecule has 1 N–H and O–H groups in total. The van der Waals surface area contributed by atoms with Gasteiger partial charge in [-0.05, 0) is 43.4 Å². The number of nitriles is 1. The lowest BCUT2D eigenvalue weighted by Gasteiger charge is -2.35. The van der Waals surface area contributed by atoms with E-state index in [-0.39, 0.29) is 24.8 Å². The Morgan fingerprint density at radius 2 is 2.18 bits per heavy atom. The van der Waals surface area contributed by atoms with E-state index in [2.05, 4.69) is 6.07 Å². The number of benzene rings is 1. The van der Waals surface area contributed by atoms with Crippen LogP contribution in [0.15, 0.2) is 24.3 Å². The predicted molar refractivity (Wildman–Crippen MR) is 81.3 cm³/mol. The smallest absolute Gasteiger partial charge is 0.303 e. The van der Waals surface area contributed by atoms with Crippen LogP contribution in [0.1, 0.15) is 48.0 Å². The molecule has 116 valence electrons. The number of hydrogen-bond donors (Lipinski definition) is 1. The number of rotatable bonds is 5. The molecule has 1 aliphatic heterocycles. The summed E-state index contributed by atoms with van der Waals surface area (Å²) in [6.45, 7) is 0.672. The zero-order valence-corrected chi connectivity index (χ0v) is 12.5.